The van der Waals surface area contributed by atoms with Gasteiger partial charge in [0.25, 0.3) is 0 Å². The van der Waals surface area contributed by atoms with E-state index in [0.29, 0.717) is 51.0 Å². The number of nitrogens with one attached hydrogen (secondary N) is 4. The van der Waals surface area contributed by atoms with Gasteiger partial charge in [-0.3, -0.25) is 19.2 Å². The van der Waals surface area contributed by atoms with Gasteiger partial charge in [-0.2, -0.15) is 0 Å². The third-order valence-corrected chi connectivity index (χ3v) is 12.7. The molecule has 9 nitrogen and oxygen atoms in total. The molecule has 0 radical (unpaired) electrons. The molecule has 3 heterocycles. The Morgan fingerprint density at radius 1 is 0.957 bits per heavy atom. The number of thiophene rings is 1. The van der Waals surface area contributed by atoms with Gasteiger partial charge in [0.2, 0.25) is 23.6 Å². The highest BCUT2D eigenvalue weighted by atomic mass is 32.1. The van der Waals surface area contributed by atoms with Crippen molar-refractivity contribution in [3.05, 3.63) is 22.4 Å². The van der Waals surface area contributed by atoms with E-state index in [1.165, 1.54) is 51.4 Å². The van der Waals surface area contributed by atoms with E-state index < -0.39 is 11.3 Å². The molecule has 4 amide bonds. The quantitative estimate of drug-likeness (QED) is 0.293. The van der Waals surface area contributed by atoms with Gasteiger partial charge in [-0.1, -0.05) is 63.9 Å². The predicted octanol–water partition coefficient (Wildman–Crippen LogP) is 4.66. The molecule has 10 heteroatoms. The second-order valence-electron chi connectivity index (χ2n) is 15.0. The molecule has 5 fully saturated rings. The average Bonchev–Trinajstić information content (AvgIpc) is 3.73. The molecule has 4 N–H and O–H groups in total. The minimum Gasteiger partial charge on any atom is -0.356 e. The van der Waals surface area contributed by atoms with Crippen LogP contribution in [0, 0.1) is 23.2 Å². The van der Waals surface area contributed by atoms with Gasteiger partial charge >= 0.3 is 0 Å². The van der Waals surface area contributed by atoms with E-state index >= 15 is 0 Å². The molecule has 254 valence electrons. The Kier molecular flexibility index (Phi) is 11.4. The predicted molar refractivity (Wildman–Crippen MR) is 180 cm³/mol. The second-order valence-corrected chi connectivity index (χ2v) is 16.0. The van der Waals surface area contributed by atoms with Crippen molar-refractivity contribution in [3.63, 3.8) is 0 Å². The second kappa shape index (κ2) is 15.6. The SMILES string of the molecule is O=C(N[C@@H]1CCN(C(=O)[C@@H](CC2CCCCC2)NC2CCCCC2)C[C@@H]1C(=O)NCc1cccs1)C1CCC[C@]2(CCNC2=O)C1. The minimum absolute atomic E-state index is 0.0475. The summed E-state index contributed by atoms with van der Waals surface area (Å²) in [6, 6.07) is 3.80. The van der Waals surface area contributed by atoms with Crippen LogP contribution < -0.4 is 21.3 Å². The number of carbonyl (C=O) groups excluding carboxylic acids is 4. The number of amides is 4. The van der Waals surface area contributed by atoms with Crippen LogP contribution in [0.5, 0.6) is 0 Å². The van der Waals surface area contributed by atoms with E-state index in [-0.39, 0.29) is 41.6 Å². The van der Waals surface area contributed by atoms with Gasteiger partial charge in [-0.15, -0.1) is 11.3 Å². The highest BCUT2D eigenvalue weighted by molar-refractivity contribution is 7.09. The maximum Gasteiger partial charge on any atom is 0.239 e. The van der Waals surface area contributed by atoms with Crippen LogP contribution in [-0.2, 0) is 25.7 Å². The van der Waals surface area contributed by atoms with Crippen LogP contribution >= 0.6 is 11.3 Å². The first-order valence-corrected chi connectivity index (χ1v) is 19.2. The normalized spacial score (nSPS) is 30.1. The summed E-state index contributed by atoms with van der Waals surface area (Å²) in [5, 5.41) is 15.2. The number of likely N-dealkylation sites (tertiary alicyclic amines) is 1. The highest BCUT2D eigenvalue weighted by Gasteiger charge is 2.48. The van der Waals surface area contributed by atoms with Gasteiger partial charge in [-0.25, -0.2) is 0 Å². The Balaban J connectivity index is 1.14. The summed E-state index contributed by atoms with van der Waals surface area (Å²) >= 11 is 1.60. The first-order chi connectivity index (χ1) is 22.4. The summed E-state index contributed by atoms with van der Waals surface area (Å²) in [7, 11) is 0. The van der Waals surface area contributed by atoms with Crippen LogP contribution in [0.1, 0.15) is 114 Å². The third kappa shape index (κ3) is 8.15. The fourth-order valence-corrected chi connectivity index (χ4v) is 9.76. The van der Waals surface area contributed by atoms with Crippen LogP contribution in [0.2, 0.25) is 0 Å². The molecular weight excluding hydrogens is 598 g/mol. The fourth-order valence-electron chi connectivity index (χ4n) is 9.12. The average molecular weight is 654 g/mol. The molecule has 2 aliphatic heterocycles. The van der Waals surface area contributed by atoms with E-state index in [9.17, 15) is 19.2 Å². The molecule has 3 aliphatic carbocycles. The van der Waals surface area contributed by atoms with Gasteiger partial charge in [0.1, 0.15) is 0 Å². The lowest BCUT2D eigenvalue weighted by atomic mass is 9.68. The van der Waals surface area contributed by atoms with Crippen molar-refractivity contribution in [3.8, 4) is 0 Å². The molecular formula is C36H55N5O4S. The van der Waals surface area contributed by atoms with Crippen LogP contribution in [0.15, 0.2) is 17.5 Å². The number of carbonyl (C=O) groups is 4. The lowest BCUT2D eigenvalue weighted by molar-refractivity contribution is -0.140. The fraction of sp³-hybridized carbons (Fsp3) is 0.778. The van der Waals surface area contributed by atoms with E-state index in [2.05, 4.69) is 21.3 Å². The maximum atomic E-state index is 14.3. The number of piperidine rings is 1. The Hall–Kier alpha value is -2.46. The molecule has 1 unspecified atom stereocenters. The zero-order valence-corrected chi connectivity index (χ0v) is 28.4. The molecule has 3 saturated carbocycles. The van der Waals surface area contributed by atoms with Gasteiger partial charge in [-0.05, 0) is 68.7 Å². The summed E-state index contributed by atoms with van der Waals surface area (Å²) in [5.74, 6) is -0.137. The number of hydrogen-bond acceptors (Lipinski definition) is 6. The van der Waals surface area contributed by atoms with E-state index in [1.54, 1.807) is 11.3 Å². The lowest BCUT2D eigenvalue weighted by Gasteiger charge is -2.42. The smallest absolute Gasteiger partial charge is 0.239 e. The molecule has 1 aromatic heterocycles. The summed E-state index contributed by atoms with van der Waals surface area (Å²) in [6.07, 6.45) is 17.4. The Morgan fingerprint density at radius 3 is 2.46 bits per heavy atom. The van der Waals surface area contributed by atoms with Crippen molar-refractivity contribution in [1.29, 1.82) is 0 Å². The first kappa shape index (κ1) is 33.4. The monoisotopic (exact) mass is 653 g/mol. The zero-order chi connectivity index (χ0) is 31.9. The lowest BCUT2D eigenvalue weighted by Crippen LogP contribution is -2.60. The molecule has 46 heavy (non-hydrogen) atoms. The van der Waals surface area contributed by atoms with E-state index in [4.69, 9.17) is 0 Å². The van der Waals surface area contributed by atoms with Crippen LogP contribution in [0.3, 0.4) is 0 Å². The van der Waals surface area contributed by atoms with Gasteiger partial charge in [0.15, 0.2) is 0 Å². The molecule has 0 bridgehead atoms. The summed E-state index contributed by atoms with van der Waals surface area (Å²) < 4.78 is 0. The van der Waals surface area contributed by atoms with Crippen LogP contribution in [0.4, 0.5) is 0 Å². The Bertz CT molecular complexity index is 1180. The molecule has 5 aliphatic rings. The Morgan fingerprint density at radius 2 is 1.74 bits per heavy atom. The zero-order valence-electron chi connectivity index (χ0n) is 27.5. The molecule has 0 aromatic carbocycles. The van der Waals surface area contributed by atoms with Crippen molar-refractivity contribution < 1.29 is 19.2 Å². The van der Waals surface area contributed by atoms with Crippen LogP contribution in [-0.4, -0.2) is 66.3 Å². The van der Waals surface area contributed by atoms with Crippen LogP contribution in [0.25, 0.3) is 0 Å². The van der Waals surface area contributed by atoms with E-state index in [1.807, 2.05) is 22.4 Å². The molecule has 1 spiro atoms. The third-order valence-electron chi connectivity index (χ3n) is 11.8. The van der Waals surface area contributed by atoms with Crippen molar-refractivity contribution in [2.45, 2.75) is 134 Å². The molecule has 5 atom stereocenters. The number of hydrogen-bond donors (Lipinski definition) is 4. The van der Waals surface area contributed by atoms with Gasteiger partial charge in [0.05, 0.1) is 23.9 Å². The first-order valence-electron chi connectivity index (χ1n) is 18.3. The highest BCUT2D eigenvalue weighted by Crippen LogP contribution is 2.44. The van der Waals surface area contributed by atoms with Gasteiger partial charge < -0.3 is 26.2 Å². The minimum atomic E-state index is -0.529. The standard InChI is InChI=1S/C36H55N5O4S/c42-32(26-11-7-16-36(22-26)17-18-37-35(36)45)40-30-15-19-41(24-29(30)33(43)38-23-28-14-8-20-46-28)34(44)31(21-25-9-3-1-4-10-25)39-27-12-5-2-6-13-27/h8,14,20,25-27,29-31,39H,1-7,9-13,15-19,21-24H2,(H,37,45)(H,38,43)(H,40,42)/t26?,29-,30+,31+,36-/m0/s1. The van der Waals surface area contributed by atoms with Gasteiger partial charge in [0, 0.05) is 42.5 Å². The summed E-state index contributed by atoms with van der Waals surface area (Å²) in [6.45, 7) is 1.96. The van der Waals surface area contributed by atoms with E-state index in [0.717, 1.165) is 49.8 Å². The van der Waals surface area contributed by atoms with Crippen molar-refractivity contribution in [2.75, 3.05) is 19.6 Å². The number of nitrogens with zero attached hydrogens (tertiary/aromatic N) is 1. The largest absolute Gasteiger partial charge is 0.356 e. The topological polar surface area (TPSA) is 120 Å². The maximum absolute atomic E-state index is 14.3. The van der Waals surface area contributed by atoms with Crippen molar-refractivity contribution >= 4 is 35.0 Å². The Labute approximate surface area is 278 Å². The van der Waals surface area contributed by atoms with Crippen molar-refractivity contribution in [1.82, 2.24) is 26.2 Å². The van der Waals surface area contributed by atoms with Crippen molar-refractivity contribution in [2.24, 2.45) is 23.2 Å². The number of rotatable bonds is 10. The summed E-state index contributed by atoms with van der Waals surface area (Å²) in [4.78, 5) is 57.5. The molecule has 1 aromatic rings. The molecule has 6 rings (SSSR count). The molecule has 2 saturated heterocycles. The summed E-state index contributed by atoms with van der Waals surface area (Å²) in [5.41, 5.74) is -0.424.